The van der Waals surface area contributed by atoms with Crippen molar-refractivity contribution >= 4 is 0 Å². The first kappa shape index (κ1) is 12.1. The Balaban J connectivity index is 2.70. The average Bonchev–Trinajstić information content (AvgIpc) is 2.65. The number of hydrogen-bond acceptors (Lipinski definition) is 4. The Morgan fingerprint density at radius 1 is 1.40 bits per heavy atom. The molecule has 0 saturated heterocycles. The Hall–Kier alpha value is -0.940. The van der Waals surface area contributed by atoms with Crippen LogP contribution in [-0.4, -0.2) is 26.7 Å². The van der Waals surface area contributed by atoms with Gasteiger partial charge in [-0.2, -0.15) is 0 Å². The summed E-state index contributed by atoms with van der Waals surface area (Å²) in [5, 5.41) is 16.9. The van der Waals surface area contributed by atoms with E-state index in [1.807, 2.05) is 4.68 Å². The third-order valence-corrected chi connectivity index (χ3v) is 2.41. The third-order valence-electron chi connectivity index (χ3n) is 2.41. The lowest BCUT2D eigenvalue weighted by molar-refractivity contribution is 0.275. The molecule has 0 saturated carbocycles. The number of aryl methyl sites for hydroxylation is 1. The molecule has 0 aromatic carbocycles. The molecule has 5 nitrogen and oxygen atoms in total. The first-order valence-corrected chi connectivity index (χ1v) is 5.55. The van der Waals surface area contributed by atoms with Crippen molar-refractivity contribution in [2.45, 2.75) is 45.7 Å². The van der Waals surface area contributed by atoms with E-state index in [1.165, 1.54) is 0 Å². The number of rotatable bonds is 7. The Bertz CT molecular complexity index is 285. The van der Waals surface area contributed by atoms with Crippen molar-refractivity contribution in [2.24, 2.45) is 5.73 Å². The van der Waals surface area contributed by atoms with Gasteiger partial charge in [-0.15, -0.1) is 5.10 Å². The summed E-state index contributed by atoms with van der Waals surface area (Å²) in [7, 11) is 0. The number of aliphatic hydroxyl groups excluding tert-OH is 1. The van der Waals surface area contributed by atoms with E-state index in [9.17, 15) is 0 Å². The number of aliphatic hydroxyl groups is 1. The summed E-state index contributed by atoms with van der Waals surface area (Å²) >= 11 is 0. The lowest BCUT2D eigenvalue weighted by atomic mass is 10.1. The SMILES string of the molecule is CCCCc1c(CN)nnn1CCCO. The molecule has 0 bridgehead atoms. The van der Waals surface area contributed by atoms with Crippen molar-refractivity contribution in [3.63, 3.8) is 0 Å². The lowest BCUT2D eigenvalue weighted by Crippen LogP contribution is -2.09. The summed E-state index contributed by atoms with van der Waals surface area (Å²) in [6.07, 6.45) is 3.96. The lowest BCUT2D eigenvalue weighted by Gasteiger charge is -2.05. The van der Waals surface area contributed by atoms with Crippen LogP contribution in [0.3, 0.4) is 0 Å². The summed E-state index contributed by atoms with van der Waals surface area (Å²) in [5.74, 6) is 0. The molecule has 15 heavy (non-hydrogen) atoms. The fourth-order valence-corrected chi connectivity index (χ4v) is 1.55. The molecule has 0 amide bonds. The third kappa shape index (κ3) is 3.28. The van der Waals surface area contributed by atoms with Gasteiger partial charge in [0.2, 0.25) is 0 Å². The first-order valence-electron chi connectivity index (χ1n) is 5.55. The average molecular weight is 212 g/mol. The maximum Gasteiger partial charge on any atom is 0.0994 e. The molecule has 3 N–H and O–H groups in total. The zero-order valence-corrected chi connectivity index (χ0v) is 9.32. The van der Waals surface area contributed by atoms with Crippen LogP contribution in [0, 0.1) is 0 Å². The summed E-state index contributed by atoms with van der Waals surface area (Å²) < 4.78 is 1.87. The fourth-order valence-electron chi connectivity index (χ4n) is 1.55. The van der Waals surface area contributed by atoms with Gasteiger partial charge in [0, 0.05) is 19.7 Å². The van der Waals surface area contributed by atoms with Crippen molar-refractivity contribution in [1.29, 1.82) is 0 Å². The second-order valence-corrected chi connectivity index (χ2v) is 3.59. The molecule has 86 valence electrons. The molecule has 0 radical (unpaired) electrons. The maximum atomic E-state index is 8.77. The van der Waals surface area contributed by atoms with Gasteiger partial charge in [0.1, 0.15) is 0 Å². The van der Waals surface area contributed by atoms with E-state index in [0.717, 1.165) is 37.2 Å². The molecule has 1 rings (SSSR count). The molecule has 1 heterocycles. The predicted molar refractivity (Wildman–Crippen MR) is 58.2 cm³/mol. The van der Waals surface area contributed by atoms with Crippen LogP contribution in [0.2, 0.25) is 0 Å². The van der Waals surface area contributed by atoms with Gasteiger partial charge in [0.15, 0.2) is 0 Å². The largest absolute Gasteiger partial charge is 0.396 e. The minimum Gasteiger partial charge on any atom is -0.396 e. The normalized spacial score (nSPS) is 10.9. The molecule has 1 aromatic rings. The quantitative estimate of drug-likeness (QED) is 0.688. The highest BCUT2D eigenvalue weighted by Gasteiger charge is 2.10. The molecule has 0 aliphatic rings. The van der Waals surface area contributed by atoms with Crippen molar-refractivity contribution in [3.05, 3.63) is 11.4 Å². The topological polar surface area (TPSA) is 77.0 Å². The molecule has 0 atom stereocenters. The van der Waals surface area contributed by atoms with E-state index in [2.05, 4.69) is 17.2 Å². The van der Waals surface area contributed by atoms with Crippen molar-refractivity contribution in [2.75, 3.05) is 6.61 Å². The highest BCUT2D eigenvalue weighted by Crippen LogP contribution is 2.09. The number of nitrogens with zero attached hydrogens (tertiary/aromatic N) is 3. The maximum absolute atomic E-state index is 8.77. The summed E-state index contributed by atoms with van der Waals surface area (Å²) in [4.78, 5) is 0. The van der Waals surface area contributed by atoms with Crippen LogP contribution in [-0.2, 0) is 19.5 Å². The van der Waals surface area contributed by atoms with E-state index in [1.54, 1.807) is 0 Å². The predicted octanol–water partition coefficient (Wildman–Crippen LogP) is 0.462. The molecule has 0 aliphatic carbocycles. The van der Waals surface area contributed by atoms with Gasteiger partial charge < -0.3 is 10.8 Å². The first-order chi connectivity index (χ1) is 7.33. The molecular formula is C10H20N4O. The van der Waals surface area contributed by atoms with Crippen LogP contribution >= 0.6 is 0 Å². The monoisotopic (exact) mass is 212 g/mol. The number of unbranched alkanes of at least 4 members (excludes halogenated alkanes) is 1. The van der Waals surface area contributed by atoms with Crippen LogP contribution in [0.15, 0.2) is 0 Å². The highest BCUT2D eigenvalue weighted by atomic mass is 16.3. The number of nitrogens with two attached hydrogens (primary N) is 1. The Morgan fingerprint density at radius 3 is 2.80 bits per heavy atom. The van der Waals surface area contributed by atoms with Crippen molar-refractivity contribution < 1.29 is 5.11 Å². The van der Waals surface area contributed by atoms with E-state index in [4.69, 9.17) is 10.8 Å². The Labute approximate surface area is 90.3 Å². The second-order valence-electron chi connectivity index (χ2n) is 3.59. The molecule has 0 spiro atoms. The zero-order valence-electron chi connectivity index (χ0n) is 9.32. The number of aromatic nitrogens is 3. The Morgan fingerprint density at radius 2 is 2.20 bits per heavy atom. The molecule has 5 heteroatoms. The smallest absolute Gasteiger partial charge is 0.0994 e. The van der Waals surface area contributed by atoms with Crippen LogP contribution in [0.25, 0.3) is 0 Å². The van der Waals surface area contributed by atoms with Gasteiger partial charge >= 0.3 is 0 Å². The van der Waals surface area contributed by atoms with Gasteiger partial charge in [0.25, 0.3) is 0 Å². The number of hydrogen-bond donors (Lipinski definition) is 2. The van der Waals surface area contributed by atoms with E-state index < -0.39 is 0 Å². The minimum atomic E-state index is 0.186. The van der Waals surface area contributed by atoms with Gasteiger partial charge in [-0.3, -0.25) is 0 Å². The highest BCUT2D eigenvalue weighted by molar-refractivity contribution is 5.09. The Kier molecular flexibility index (Phi) is 5.28. The van der Waals surface area contributed by atoms with Crippen molar-refractivity contribution in [1.82, 2.24) is 15.0 Å². The van der Waals surface area contributed by atoms with E-state index in [-0.39, 0.29) is 6.61 Å². The van der Waals surface area contributed by atoms with Crippen LogP contribution in [0.4, 0.5) is 0 Å². The van der Waals surface area contributed by atoms with Crippen LogP contribution in [0.1, 0.15) is 37.6 Å². The summed E-state index contributed by atoms with van der Waals surface area (Å²) in [6, 6.07) is 0. The molecule has 0 aliphatic heterocycles. The standard InChI is InChI=1S/C10H20N4O/c1-2-3-5-10-9(8-11)12-13-14(10)6-4-7-15/h15H,2-8,11H2,1H3. The second kappa shape index (κ2) is 6.53. The summed E-state index contributed by atoms with van der Waals surface area (Å²) in [6.45, 7) is 3.51. The van der Waals surface area contributed by atoms with Gasteiger partial charge in [-0.1, -0.05) is 18.6 Å². The van der Waals surface area contributed by atoms with E-state index >= 15 is 0 Å². The fraction of sp³-hybridized carbons (Fsp3) is 0.800. The molecular weight excluding hydrogens is 192 g/mol. The van der Waals surface area contributed by atoms with E-state index in [0.29, 0.717) is 13.0 Å². The zero-order chi connectivity index (χ0) is 11.1. The summed E-state index contributed by atoms with van der Waals surface area (Å²) in [5.41, 5.74) is 7.62. The minimum absolute atomic E-state index is 0.186. The van der Waals surface area contributed by atoms with Gasteiger partial charge in [0.05, 0.1) is 11.4 Å². The van der Waals surface area contributed by atoms with Crippen LogP contribution in [0.5, 0.6) is 0 Å². The molecule has 0 fully saturated rings. The molecule has 1 aromatic heterocycles. The van der Waals surface area contributed by atoms with Gasteiger partial charge in [-0.25, -0.2) is 4.68 Å². The van der Waals surface area contributed by atoms with Crippen molar-refractivity contribution in [3.8, 4) is 0 Å². The van der Waals surface area contributed by atoms with Gasteiger partial charge in [-0.05, 0) is 19.3 Å². The molecule has 0 unspecified atom stereocenters. The van der Waals surface area contributed by atoms with Crippen LogP contribution < -0.4 is 5.73 Å².